The van der Waals surface area contributed by atoms with Crippen LogP contribution in [0.4, 0.5) is 4.79 Å². The number of rotatable bonds is 8. The Kier molecular flexibility index (Phi) is 7.91. The highest BCUT2D eigenvalue weighted by molar-refractivity contribution is 5.80. The normalized spacial score (nSPS) is 14.1. The first-order valence-corrected chi connectivity index (χ1v) is 6.91. The van der Waals surface area contributed by atoms with Crippen molar-refractivity contribution in [2.75, 3.05) is 13.6 Å². The number of ether oxygens (including phenoxy) is 1. The van der Waals surface area contributed by atoms with Crippen LogP contribution in [0.1, 0.15) is 34.1 Å². The van der Waals surface area contributed by atoms with Gasteiger partial charge in [-0.25, -0.2) is 9.59 Å². The summed E-state index contributed by atoms with van der Waals surface area (Å²) in [7, 11) is 1.47. The van der Waals surface area contributed by atoms with Gasteiger partial charge in [-0.3, -0.25) is 0 Å². The number of hydrogen-bond donors (Lipinski definition) is 2. The lowest BCUT2D eigenvalue weighted by atomic mass is 9.98. The Morgan fingerprint density at radius 2 is 2.00 bits per heavy atom. The molecule has 2 N–H and O–H groups in total. The molecule has 2 atom stereocenters. The van der Waals surface area contributed by atoms with Crippen molar-refractivity contribution in [1.29, 1.82) is 0 Å². The Bertz CT molecular complexity index is 461. The van der Waals surface area contributed by atoms with Crippen molar-refractivity contribution in [1.82, 2.24) is 10.3 Å². The number of hydrogen-bond acceptors (Lipinski definition) is 6. The predicted molar refractivity (Wildman–Crippen MR) is 79.1 cm³/mol. The molecule has 0 aliphatic carbocycles. The van der Waals surface area contributed by atoms with E-state index in [1.807, 2.05) is 0 Å². The molecule has 2 unspecified atom stereocenters. The van der Waals surface area contributed by atoms with E-state index in [1.165, 1.54) is 12.1 Å². The van der Waals surface area contributed by atoms with Gasteiger partial charge >= 0.3 is 12.1 Å². The van der Waals surface area contributed by atoms with Gasteiger partial charge in [0.05, 0.1) is 11.6 Å². The maximum atomic E-state index is 11.7. The van der Waals surface area contributed by atoms with Gasteiger partial charge in [-0.1, -0.05) is 6.92 Å². The van der Waals surface area contributed by atoms with Crippen LogP contribution in [0.2, 0.25) is 0 Å². The van der Waals surface area contributed by atoms with Crippen molar-refractivity contribution in [3.8, 4) is 0 Å². The summed E-state index contributed by atoms with van der Waals surface area (Å²) < 4.78 is 5.03. The monoisotopic (exact) mass is 333 g/mol. The van der Waals surface area contributed by atoms with Crippen LogP contribution in [0.5, 0.6) is 0 Å². The van der Waals surface area contributed by atoms with E-state index in [1.54, 1.807) is 27.7 Å². The minimum absolute atomic E-state index is 0.234. The van der Waals surface area contributed by atoms with Gasteiger partial charge in [-0.15, -0.1) is 0 Å². The van der Waals surface area contributed by atoms with E-state index in [9.17, 15) is 24.8 Å². The molecule has 0 aromatic heterocycles. The van der Waals surface area contributed by atoms with Gasteiger partial charge in [-0.2, -0.15) is 5.01 Å². The van der Waals surface area contributed by atoms with Gasteiger partial charge in [0.1, 0.15) is 11.6 Å². The van der Waals surface area contributed by atoms with Crippen molar-refractivity contribution >= 4 is 12.1 Å². The second-order valence-corrected chi connectivity index (χ2v) is 6.03. The molecule has 0 spiro atoms. The molecule has 11 heteroatoms. The fourth-order valence-corrected chi connectivity index (χ4v) is 1.58. The average Bonchev–Trinajstić information content (AvgIpc) is 2.37. The lowest BCUT2D eigenvalue weighted by molar-refractivity contribution is -0.496. The summed E-state index contributed by atoms with van der Waals surface area (Å²) in [5.41, 5.74) is -0.737. The van der Waals surface area contributed by atoms with Gasteiger partial charge in [-0.05, 0) is 33.1 Å². The maximum Gasteiger partial charge on any atom is 0.408 e. The minimum Gasteiger partial charge on any atom is -0.480 e. The van der Waals surface area contributed by atoms with Crippen LogP contribution in [-0.4, -0.2) is 52.4 Å². The third-order valence-electron chi connectivity index (χ3n) is 2.68. The largest absolute Gasteiger partial charge is 0.480 e. The number of carboxylic acid groups (broad SMARTS) is 1. The molecule has 132 valence electrons. The van der Waals surface area contributed by atoms with Crippen LogP contribution in [0.15, 0.2) is 10.4 Å². The number of amides is 1. The number of nitrogens with one attached hydrogen (secondary N) is 1. The van der Waals surface area contributed by atoms with Gasteiger partial charge in [0.25, 0.3) is 0 Å². The summed E-state index contributed by atoms with van der Waals surface area (Å²) in [5, 5.41) is 27.9. The summed E-state index contributed by atoms with van der Waals surface area (Å²) in [6.07, 6.45) is -0.502. The zero-order chi connectivity index (χ0) is 18.2. The lowest BCUT2D eigenvalue weighted by Crippen LogP contribution is -2.47. The lowest BCUT2D eigenvalue weighted by Gasteiger charge is -2.25. The number of nitro groups is 1. The van der Waals surface area contributed by atoms with Crippen molar-refractivity contribution in [2.24, 2.45) is 16.4 Å². The molecule has 0 aromatic rings. The number of carbonyl (C=O) groups is 2. The van der Waals surface area contributed by atoms with Crippen LogP contribution in [0.3, 0.4) is 0 Å². The van der Waals surface area contributed by atoms with Gasteiger partial charge in [0.15, 0.2) is 5.22 Å². The Labute approximate surface area is 133 Å². The van der Waals surface area contributed by atoms with Crippen LogP contribution in [-0.2, 0) is 9.53 Å². The van der Waals surface area contributed by atoms with Crippen LogP contribution in [0.25, 0.3) is 0 Å². The molecule has 0 radical (unpaired) electrons. The van der Waals surface area contributed by atoms with Crippen molar-refractivity contribution in [2.45, 2.75) is 45.8 Å². The third kappa shape index (κ3) is 9.98. The SMILES string of the molecule is CC(CCN(C)N=N[N+](=O)[O-])C(NC(=O)OC(C)(C)C)C(=O)O. The van der Waals surface area contributed by atoms with Gasteiger partial charge < -0.3 is 25.3 Å². The summed E-state index contributed by atoms with van der Waals surface area (Å²) >= 11 is 0. The number of carbonyl (C=O) groups excluding carboxylic acids is 1. The predicted octanol–water partition coefficient (Wildman–Crippen LogP) is 1.48. The molecule has 0 aliphatic rings. The summed E-state index contributed by atoms with van der Waals surface area (Å²) in [6, 6.07) is -1.15. The molecule has 0 saturated heterocycles. The standard InChI is InChI=1S/C12H23N5O6/c1-8(6-7-16(5)14-15-17(21)22)9(10(18)19)13-11(20)23-12(2,3)4/h8-9H,6-7H2,1-5H3,(H,13,20)(H,18,19). The van der Waals surface area contributed by atoms with E-state index in [-0.39, 0.29) is 6.54 Å². The highest BCUT2D eigenvalue weighted by Gasteiger charge is 2.29. The number of carboxylic acids is 1. The van der Waals surface area contributed by atoms with E-state index in [2.05, 4.69) is 15.8 Å². The molecule has 1 amide bonds. The first-order valence-electron chi connectivity index (χ1n) is 6.91. The quantitative estimate of drug-likeness (QED) is 0.388. The van der Waals surface area contributed by atoms with Crippen molar-refractivity contribution in [3.63, 3.8) is 0 Å². The second kappa shape index (κ2) is 8.86. The molecule has 0 bridgehead atoms. The van der Waals surface area contributed by atoms with Crippen LogP contribution >= 0.6 is 0 Å². The summed E-state index contributed by atoms with van der Waals surface area (Å²) in [5.74, 6) is -1.65. The van der Waals surface area contributed by atoms with Gasteiger partial charge in [0, 0.05) is 7.05 Å². The first-order chi connectivity index (χ1) is 10.4. The Hall–Kier alpha value is -2.46. The fourth-order valence-electron chi connectivity index (χ4n) is 1.58. The minimum atomic E-state index is -1.20. The Morgan fingerprint density at radius 3 is 2.43 bits per heavy atom. The van der Waals surface area contributed by atoms with Crippen molar-refractivity contribution in [3.05, 3.63) is 10.1 Å². The molecule has 0 rings (SSSR count). The van der Waals surface area contributed by atoms with Crippen LogP contribution < -0.4 is 5.32 Å². The zero-order valence-electron chi connectivity index (χ0n) is 13.8. The van der Waals surface area contributed by atoms with E-state index >= 15 is 0 Å². The molecule has 0 aromatic carbocycles. The maximum absolute atomic E-state index is 11.7. The molecule has 0 heterocycles. The fraction of sp³-hybridized carbons (Fsp3) is 0.833. The van der Waals surface area contributed by atoms with E-state index in [0.717, 1.165) is 0 Å². The number of aliphatic carboxylic acids is 1. The average molecular weight is 333 g/mol. The Balaban J connectivity index is 4.57. The smallest absolute Gasteiger partial charge is 0.408 e. The van der Waals surface area contributed by atoms with E-state index < -0.39 is 34.7 Å². The molecule has 0 fully saturated rings. The molecule has 0 saturated carbocycles. The van der Waals surface area contributed by atoms with E-state index in [0.29, 0.717) is 6.42 Å². The molecular formula is C12H23N5O6. The highest BCUT2D eigenvalue weighted by atomic mass is 16.7. The van der Waals surface area contributed by atoms with Crippen molar-refractivity contribution < 1.29 is 24.5 Å². The van der Waals surface area contributed by atoms with Crippen LogP contribution in [0, 0.1) is 16.0 Å². The third-order valence-corrected chi connectivity index (χ3v) is 2.68. The number of alkyl carbamates (subject to hydrolysis) is 1. The summed E-state index contributed by atoms with van der Waals surface area (Å²) in [4.78, 5) is 33.0. The molecule has 23 heavy (non-hydrogen) atoms. The van der Waals surface area contributed by atoms with E-state index in [4.69, 9.17) is 4.74 Å². The molecule has 0 aliphatic heterocycles. The molecular weight excluding hydrogens is 310 g/mol. The number of nitrogens with zero attached hydrogens (tertiary/aromatic N) is 4. The summed E-state index contributed by atoms with van der Waals surface area (Å²) in [6.45, 7) is 6.87. The Morgan fingerprint density at radius 1 is 1.43 bits per heavy atom. The first kappa shape index (κ1) is 20.5. The molecule has 11 nitrogen and oxygen atoms in total. The highest BCUT2D eigenvalue weighted by Crippen LogP contribution is 2.12. The zero-order valence-corrected chi connectivity index (χ0v) is 13.8. The topological polar surface area (TPSA) is 147 Å². The second-order valence-electron chi connectivity index (χ2n) is 6.03. The van der Waals surface area contributed by atoms with Gasteiger partial charge in [0.2, 0.25) is 5.22 Å².